The van der Waals surface area contributed by atoms with Gasteiger partial charge in [0.25, 0.3) is 0 Å². The van der Waals surface area contributed by atoms with Gasteiger partial charge >= 0.3 is 0 Å². The van der Waals surface area contributed by atoms with E-state index in [2.05, 4.69) is 33.4 Å². The summed E-state index contributed by atoms with van der Waals surface area (Å²) in [5.74, 6) is 2.22. The molecule has 0 radical (unpaired) electrons. The Hall–Kier alpha value is -2.29. The Morgan fingerprint density at radius 2 is 1.93 bits per heavy atom. The van der Waals surface area contributed by atoms with Gasteiger partial charge in [0.05, 0.1) is 13.7 Å². The number of carbonyl (C=O) groups is 1. The van der Waals surface area contributed by atoms with Crippen molar-refractivity contribution in [2.45, 2.75) is 18.8 Å². The van der Waals surface area contributed by atoms with E-state index >= 15 is 0 Å². The molecule has 30 heavy (non-hydrogen) atoms. The van der Waals surface area contributed by atoms with Gasteiger partial charge in [-0.3, -0.25) is 9.79 Å². The number of hydrogen-bond acceptors (Lipinski definition) is 3. The second-order valence-corrected chi connectivity index (χ2v) is 7.53. The second kappa shape index (κ2) is 10.1. The number of nitrogens with zero attached hydrogens (tertiary/aromatic N) is 3. The van der Waals surface area contributed by atoms with Crippen LogP contribution in [-0.4, -0.2) is 57.1 Å². The van der Waals surface area contributed by atoms with Crippen LogP contribution in [0.15, 0.2) is 53.5 Å². The lowest BCUT2D eigenvalue weighted by Crippen LogP contribution is -2.45. The van der Waals surface area contributed by atoms with Crippen LogP contribution >= 0.6 is 24.0 Å². The van der Waals surface area contributed by atoms with Crippen LogP contribution in [0.3, 0.4) is 0 Å². The topological polar surface area (TPSA) is 57.2 Å². The monoisotopic (exact) mass is 520 g/mol. The number of para-hydroxylation sites is 1. The van der Waals surface area contributed by atoms with Gasteiger partial charge in [-0.05, 0) is 42.2 Å². The highest BCUT2D eigenvalue weighted by atomic mass is 127. The first kappa shape index (κ1) is 22.4. The summed E-state index contributed by atoms with van der Waals surface area (Å²) in [4.78, 5) is 21.3. The summed E-state index contributed by atoms with van der Waals surface area (Å²) in [6.07, 6.45) is 1.99. The fourth-order valence-electron chi connectivity index (χ4n) is 4.28. The lowest BCUT2D eigenvalue weighted by molar-refractivity contribution is -0.117. The zero-order valence-electron chi connectivity index (χ0n) is 17.5. The third-order valence-corrected chi connectivity index (χ3v) is 5.87. The van der Waals surface area contributed by atoms with Crippen LogP contribution in [0.2, 0.25) is 0 Å². The molecule has 0 saturated carbocycles. The highest BCUT2D eigenvalue weighted by Gasteiger charge is 2.28. The van der Waals surface area contributed by atoms with Crippen LogP contribution in [0.4, 0.5) is 5.69 Å². The smallest absolute Gasteiger partial charge is 0.246 e. The van der Waals surface area contributed by atoms with E-state index < -0.39 is 0 Å². The molecule has 0 aliphatic carbocycles. The third kappa shape index (κ3) is 4.71. The Bertz CT molecular complexity index is 900. The zero-order chi connectivity index (χ0) is 20.2. The Morgan fingerprint density at radius 1 is 1.17 bits per heavy atom. The molecule has 1 amide bonds. The standard InChI is InChI=1S/C23H28N4O2.HI/c1-24-23(25-15-22(28)27-14-12-18-5-3-4-6-21(18)27)26-13-11-19(16-26)17-7-9-20(29-2)10-8-17;/h3-10,19H,11-16H2,1-2H3,(H,24,25);1H. The lowest BCUT2D eigenvalue weighted by atomic mass is 9.98. The molecule has 1 atom stereocenters. The number of guanidine groups is 1. The number of benzene rings is 2. The van der Waals surface area contributed by atoms with Crippen LogP contribution < -0.4 is 15.0 Å². The Labute approximate surface area is 195 Å². The number of fused-ring (bicyclic) bond motifs is 1. The van der Waals surface area contributed by atoms with Crippen molar-refractivity contribution in [3.63, 3.8) is 0 Å². The average Bonchev–Trinajstić information content (AvgIpc) is 3.42. The maximum absolute atomic E-state index is 12.8. The van der Waals surface area contributed by atoms with Crippen LogP contribution in [0.1, 0.15) is 23.5 Å². The molecule has 160 valence electrons. The van der Waals surface area contributed by atoms with Crippen molar-refractivity contribution in [3.05, 3.63) is 59.7 Å². The number of hydrogen-bond donors (Lipinski definition) is 1. The van der Waals surface area contributed by atoms with E-state index in [0.717, 1.165) is 49.9 Å². The van der Waals surface area contributed by atoms with E-state index in [9.17, 15) is 4.79 Å². The van der Waals surface area contributed by atoms with Gasteiger partial charge in [0.15, 0.2) is 5.96 Å². The van der Waals surface area contributed by atoms with E-state index in [0.29, 0.717) is 5.92 Å². The molecule has 1 saturated heterocycles. The summed E-state index contributed by atoms with van der Waals surface area (Å²) >= 11 is 0. The van der Waals surface area contributed by atoms with Gasteiger partial charge in [0.1, 0.15) is 5.75 Å². The summed E-state index contributed by atoms with van der Waals surface area (Å²) in [5, 5.41) is 3.27. The van der Waals surface area contributed by atoms with Gasteiger partial charge < -0.3 is 19.9 Å². The molecule has 1 fully saturated rings. The number of likely N-dealkylation sites (tertiary alicyclic amines) is 1. The van der Waals surface area contributed by atoms with Crippen molar-refractivity contribution in [2.75, 3.05) is 45.2 Å². The molecule has 4 rings (SSSR count). The van der Waals surface area contributed by atoms with Gasteiger partial charge in [-0.15, -0.1) is 24.0 Å². The first-order chi connectivity index (χ1) is 14.2. The van der Waals surface area contributed by atoms with Gasteiger partial charge in [0.2, 0.25) is 5.91 Å². The molecule has 1 N–H and O–H groups in total. The van der Waals surface area contributed by atoms with Crippen molar-refractivity contribution in [1.29, 1.82) is 0 Å². The van der Waals surface area contributed by atoms with Gasteiger partial charge in [0, 0.05) is 38.3 Å². The molecular weight excluding hydrogens is 491 g/mol. The molecular formula is C23H29IN4O2. The molecule has 1 unspecified atom stereocenters. The Kier molecular flexibility index (Phi) is 7.58. The summed E-state index contributed by atoms with van der Waals surface area (Å²) in [6.45, 7) is 2.83. The number of carbonyl (C=O) groups excluding carboxylic acids is 1. The normalized spacial score (nSPS) is 18.1. The van der Waals surface area contributed by atoms with Gasteiger partial charge in [-0.25, -0.2) is 0 Å². The fraction of sp³-hybridized carbons (Fsp3) is 0.391. The molecule has 2 heterocycles. The summed E-state index contributed by atoms with van der Waals surface area (Å²) < 4.78 is 5.25. The molecule has 2 aliphatic rings. The summed E-state index contributed by atoms with van der Waals surface area (Å²) in [5.41, 5.74) is 3.59. The molecule has 2 aromatic rings. The number of nitrogens with one attached hydrogen (secondary N) is 1. The molecule has 2 aliphatic heterocycles. The molecule has 0 spiro atoms. The van der Waals surface area contributed by atoms with Crippen LogP contribution in [0.5, 0.6) is 5.75 Å². The minimum Gasteiger partial charge on any atom is -0.497 e. The Balaban J connectivity index is 0.00000256. The molecule has 7 heteroatoms. The number of ether oxygens (including phenoxy) is 1. The maximum atomic E-state index is 12.8. The SMILES string of the molecule is CN=C(NCC(=O)N1CCc2ccccc21)N1CCC(c2ccc(OC)cc2)C1.I. The van der Waals surface area contributed by atoms with Crippen molar-refractivity contribution < 1.29 is 9.53 Å². The number of anilines is 1. The number of methoxy groups -OCH3 is 1. The molecule has 2 aromatic carbocycles. The fourth-order valence-corrected chi connectivity index (χ4v) is 4.28. The first-order valence-electron chi connectivity index (χ1n) is 10.2. The van der Waals surface area contributed by atoms with Crippen LogP contribution in [0.25, 0.3) is 0 Å². The highest BCUT2D eigenvalue weighted by Crippen LogP contribution is 2.29. The quantitative estimate of drug-likeness (QED) is 0.382. The van der Waals surface area contributed by atoms with E-state index in [1.807, 2.05) is 35.2 Å². The molecule has 6 nitrogen and oxygen atoms in total. The third-order valence-electron chi connectivity index (χ3n) is 5.87. The summed E-state index contributed by atoms with van der Waals surface area (Å²) in [6, 6.07) is 16.4. The maximum Gasteiger partial charge on any atom is 0.246 e. The largest absolute Gasteiger partial charge is 0.497 e. The minimum absolute atomic E-state index is 0. The zero-order valence-corrected chi connectivity index (χ0v) is 19.8. The van der Waals surface area contributed by atoms with E-state index in [-0.39, 0.29) is 36.4 Å². The van der Waals surface area contributed by atoms with Crippen LogP contribution in [0, 0.1) is 0 Å². The minimum atomic E-state index is 0. The van der Waals surface area contributed by atoms with Gasteiger partial charge in [-0.2, -0.15) is 0 Å². The van der Waals surface area contributed by atoms with E-state index in [1.54, 1.807) is 14.2 Å². The van der Waals surface area contributed by atoms with Crippen molar-refractivity contribution in [3.8, 4) is 5.75 Å². The molecule has 0 bridgehead atoms. The van der Waals surface area contributed by atoms with Crippen molar-refractivity contribution in [2.24, 2.45) is 4.99 Å². The number of rotatable bonds is 4. The number of halogens is 1. The predicted molar refractivity (Wildman–Crippen MR) is 131 cm³/mol. The van der Waals surface area contributed by atoms with E-state index in [1.165, 1.54) is 11.1 Å². The van der Waals surface area contributed by atoms with Crippen molar-refractivity contribution >= 4 is 41.5 Å². The molecule has 0 aromatic heterocycles. The number of aliphatic imine (C=N–C) groups is 1. The van der Waals surface area contributed by atoms with Gasteiger partial charge in [-0.1, -0.05) is 30.3 Å². The summed E-state index contributed by atoms with van der Waals surface area (Å²) in [7, 11) is 3.46. The second-order valence-electron chi connectivity index (χ2n) is 7.53. The number of amides is 1. The van der Waals surface area contributed by atoms with Crippen LogP contribution in [-0.2, 0) is 11.2 Å². The first-order valence-corrected chi connectivity index (χ1v) is 10.2. The lowest BCUT2D eigenvalue weighted by Gasteiger charge is -2.23. The average molecular weight is 520 g/mol. The predicted octanol–water partition coefficient (Wildman–Crippen LogP) is 3.27. The van der Waals surface area contributed by atoms with E-state index in [4.69, 9.17) is 4.74 Å². The highest BCUT2D eigenvalue weighted by molar-refractivity contribution is 14.0. The Morgan fingerprint density at radius 3 is 2.67 bits per heavy atom. The van der Waals surface area contributed by atoms with Crippen molar-refractivity contribution in [1.82, 2.24) is 10.2 Å².